The number of aryl methyl sites for hydroxylation is 1. The molecular weight excluding hydrogens is 286 g/mol. The zero-order valence-corrected chi connectivity index (χ0v) is 14.7. The SMILES string of the molecule is CNC(C)c1cc(C)ccc1OCCS(=O)(=O)C(C)(C)C. The van der Waals surface area contributed by atoms with Crippen molar-refractivity contribution in [2.45, 2.75) is 45.4 Å². The van der Waals surface area contributed by atoms with Gasteiger partial charge in [-0.1, -0.05) is 17.7 Å². The van der Waals surface area contributed by atoms with Crippen LogP contribution in [0.25, 0.3) is 0 Å². The van der Waals surface area contributed by atoms with Gasteiger partial charge in [0, 0.05) is 11.6 Å². The molecule has 5 heteroatoms. The van der Waals surface area contributed by atoms with Gasteiger partial charge >= 0.3 is 0 Å². The summed E-state index contributed by atoms with van der Waals surface area (Å²) >= 11 is 0. The summed E-state index contributed by atoms with van der Waals surface area (Å²) in [6.45, 7) is 9.38. The smallest absolute Gasteiger partial charge is 0.158 e. The summed E-state index contributed by atoms with van der Waals surface area (Å²) in [5.41, 5.74) is 2.20. The molecule has 0 saturated heterocycles. The molecule has 0 aliphatic rings. The summed E-state index contributed by atoms with van der Waals surface area (Å²) in [6, 6.07) is 6.09. The highest BCUT2D eigenvalue weighted by atomic mass is 32.2. The molecule has 0 bridgehead atoms. The number of nitrogens with one attached hydrogen (secondary N) is 1. The molecule has 1 aromatic carbocycles. The molecule has 0 saturated carbocycles. The number of ether oxygens (including phenoxy) is 1. The first kappa shape index (κ1) is 18.0. The Labute approximate surface area is 128 Å². The van der Waals surface area contributed by atoms with Crippen LogP contribution in [0.5, 0.6) is 5.75 Å². The zero-order chi connectivity index (χ0) is 16.3. The summed E-state index contributed by atoms with van der Waals surface area (Å²) in [4.78, 5) is 0. The number of sulfone groups is 1. The van der Waals surface area contributed by atoms with Crippen molar-refractivity contribution in [2.75, 3.05) is 19.4 Å². The van der Waals surface area contributed by atoms with Crippen molar-refractivity contribution in [3.05, 3.63) is 29.3 Å². The van der Waals surface area contributed by atoms with Crippen LogP contribution in [0.4, 0.5) is 0 Å². The van der Waals surface area contributed by atoms with E-state index in [4.69, 9.17) is 4.74 Å². The van der Waals surface area contributed by atoms with Crippen LogP contribution in [0.1, 0.15) is 44.9 Å². The van der Waals surface area contributed by atoms with E-state index in [1.807, 2.05) is 33.0 Å². The van der Waals surface area contributed by atoms with E-state index in [0.717, 1.165) is 16.9 Å². The highest BCUT2D eigenvalue weighted by molar-refractivity contribution is 7.92. The van der Waals surface area contributed by atoms with E-state index in [1.54, 1.807) is 20.8 Å². The van der Waals surface area contributed by atoms with Crippen LogP contribution in [0.2, 0.25) is 0 Å². The van der Waals surface area contributed by atoms with Crippen molar-refractivity contribution in [1.29, 1.82) is 0 Å². The standard InChI is InChI=1S/C16H27NO3S/c1-12-7-8-15(14(11-12)13(2)17-6)20-9-10-21(18,19)16(3,4)5/h7-8,11,13,17H,9-10H2,1-6H3. The Balaban J connectivity index is 2.81. The minimum Gasteiger partial charge on any atom is -0.492 e. The second-order valence-electron chi connectivity index (χ2n) is 6.33. The van der Waals surface area contributed by atoms with Gasteiger partial charge in [-0.15, -0.1) is 0 Å². The predicted octanol–water partition coefficient (Wildman–Crippen LogP) is 2.87. The first-order chi connectivity index (χ1) is 9.58. The fourth-order valence-electron chi connectivity index (χ4n) is 1.86. The molecule has 1 unspecified atom stereocenters. The lowest BCUT2D eigenvalue weighted by atomic mass is 10.0. The van der Waals surface area contributed by atoms with Gasteiger partial charge in [0.1, 0.15) is 12.4 Å². The van der Waals surface area contributed by atoms with Crippen LogP contribution >= 0.6 is 0 Å². The zero-order valence-electron chi connectivity index (χ0n) is 13.9. The van der Waals surface area contributed by atoms with E-state index in [-0.39, 0.29) is 18.4 Å². The van der Waals surface area contributed by atoms with Crippen molar-refractivity contribution in [1.82, 2.24) is 5.32 Å². The molecule has 4 nitrogen and oxygen atoms in total. The molecule has 21 heavy (non-hydrogen) atoms. The van der Waals surface area contributed by atoms with Crippen LogP contribution < -0.4 is 10.1 Å². The lowest BCUT2D eigenvalue weighted by molar-refractivity contribution is 0.333. The third-order valence-corrected chi connectivity index (χ3v) is 6.18. The van der Waals surface area contributed by atoms with Gasteiger partial charge in [0.25, 0.3) is 0 Å². The Hall–Kier alpha value is -1.07. The summed E-state index contributed by atoms with van der Waals surface area (Å²) in [5.74, 6) is 0.768. The number of rotatable bonds is 6. The molecule has 1 N–H and O–H groups in total. The van der Waals surface area contributed by atoms with Crippen molar-refractivity contribution in [3.63, 3.8) is 0 Å². The fourth-order valence-corrected chi connectivity index (χ4v) is 2.78. The van der Waals surface area contributed by atoms with E-state index < -0.39 is 14.6 Å². The maximum atomic E-state index is 12.1. The van der Waals surface area contributed by atoms with Gasteiger partial charge in [-0.05, 0) is 47.7 Å². The van der Waals surface area contributed by atoms with E-state index >= 15 is 0 Å². The normalized spacial score (nSPS) is 14.0. The molecule has 0 amide bonds. The number of hydrogen-bond donors (Lipinski definition) is 1. The molecule has 0 aliphatic carbocycles. The molecule has 1 atom stereocenters. The molecule has 1 rings (SSSR count). The van der Waals surface area contributed by atoms with Crippen molar-refractivity contribution in [3.8, 4) is 5.75 Å². The maximum Gasteiger partial charge on any atom is 0.158 e. The van der Waals surface area contributed by atoms with Crippen LogP contribution in [-0.4, -0.2) is 32.6 Å². The molecule has 0 aliphatic heterocycles. The lowest BCUT2D eigenvalue weighted by Crippen LogP contribution is -2.32. The molecule has 120 valence electrons. The Morgan fingerprint density at radius 1 is 1.29 bits per heavy atom. The van der Waals surface area contributed by atoms with Gasteiger partial charge in [0.15, 0.2) is 9.84 Å². The van der Waals surface area contributed by atoms with Crippen LogP contribution in [0, 0.1) is 6.92 Å². The van der Waals surface area contributed by atoms with Gasteiger partial charge in [0.2, 0.25) is 0 Å². The second kappa shape index (κ2) is 6.79. The van der Waals surface area contributed by atoms with E-state index in [1.165, 1.54) is 0 Å². The minimum atomic E-state index is -3.16. The second-order valence-corrected chi connectivity index (χ2v) is 9.19. The lowest BCUT2D eigenvalue weighted by Gasteiger charge is -2.20. The number of benzene rings is 1. The van der Waals surface area contributed by atoms with E-state index in [0.29, 0.717) is 0 Å². The first-order valence-corrected chi connectivity index (χ1v) is 8.86. The van der Waals surface area contributed by atoms with Crippen LogP contribution in [-0.2, 0) is 9.84 Å². The molecule has 0 radical (unpaired) electrons. The average molecular weight is 313 g/mol. The van der Waals surface area contributed by atoms with E-state index in [9.17, 15) is 8.42 Å². The first-order valence-electron chi connectivity index (χ1n) is 7.21. The van der Waals surface area contributed by atoms with Crippen molar-refractivity contribution >= 4 is 9.84 Å². The van der Waals surface area contributed by atoms with Gasteiger partial charge < -0.3 is 10.1 Å². The Bertz CT molecular complexity index is 574. The third kappa shape index (κ3) is 4.71. The Morgan fingerprint density at radius 2 is 1.90 bits per heavy atom. The van der Waals surface area contributed by atoms with Gasteiger partial charge in [0.05, 0.1) is 10.5 Å². The molecular formula is C16H27NO3S. The summed E-state index contributed by atoms with van der Waals surface area (Å²) < 4.78 is 29.1. The fraction of sp³-hybridized carbons (Fsp3) is 0.625. The molecule has 1 aromatic rings. The van der Waals surface area contributed by atoms with E-state index in [2.05, 4.69) is 11.4 Å². The van der Waals surface area contributed by atoms with Crippen molar-refractivity contribution in [2.24, 2.45) is 0 Å². The van der Waals surface area contributed by atoms with Crippen LogP contribution in [0.3, 0.4) is 0 Å². The summed E-state index contributed by atoms with van der Waals surface area (Å²) in [7, 11) is -1.27. The van der Waals surface area contributed by atoms with Crippen molar-refractivity contribution < 1.29 is 13.2 Å². The number of hydrogen-bond acceptors (Lipinski definition) is 4. The van der Waals surface area contributed by atoms with Gasteiger partial charge in [-0.3, -0.25) is 0 Å². The summed E-state index contributed by atoms with van der Waals surface area (Å²) in [6.07, 6.45) is 0. The molecule has 0 aromatic heterocycles. The monoisotopic (exact) mass is 313 g/mol. The third-order valence-electron chi connectivity index (χ3n) is 3.61. The quantitative estimate of drug-likeness (QED) is 0.877. The Morgan fingerprint density at radius 3 is 2.43 bits per heavy atom. The maximum absolute atomic E-state index is 12.1. The predicted molar refractivity (Wildman–Crippen MR) is 87.7 cm³/mol. The molecule has 0 spiro atoms. The largest absolute Gasteiger partial charge is 0.492 e. The minimum absolute atomic E-state index is 0.0255. The Kier molecular flexibility index (Phi) is 5.82. The van der Waals surface area contributed by atoms with Gasteiger partial charge in [-0.25, -0.2) is 8.42 Å². The topological polar surface area (TPSA) is 55.4 Å². The summed E-state index contributed by atoms with van der Waals surface area (Å²) in [5, 5.41) is 3.18. The van der Waals surface area contributed by atoms with Crippen LogP contribution in [0.15, 0.2) is 18.2 Å². The highest BCUT2D eigenvalue weighted by Gasteiger charge is 2.28. The highest BCUT2D eigenvalue weighted by Crippen LogP contribution is 2.26. The molecule has 0 fully saturated rings. The molecule has 0 heterocycles. The van der Waals surface area contributed by atoms with Gasteiger partial charge in [-0.2, -0.15) is 0 Å². The average Bonchev–Trinajstić information content (AvgIpc) is 2.38.